The van der Waals surface area contributed by atoms with E-state index in [2.05, 4.69) is 16.6 Å². The fraction of sp³-hybridized carbons (Fsp3) is 0.667. The van der Waals surface area contributed by atoms with Crippen molar-refractivity contribution in [1.82, 2.24) is 5.32 Å². The maximum Gasteiger partial charge on any atom is 0.333 e. The lowest BCUT2D eigenvalue weighted by molar-refractivity contribution is -0.138. The van der Waals surface area contributed by atoms with Gasteiger partial charge < -0.3 is 10.1 Å². The molecule has 5 heteroatoms. The van der Waals surface area contributed by atoms with Crippen molar-refractivity contribution in [2.45, 2.75) is 19.8 Å². The molecule has 14 heavy (non-hydrogen) atoms. The van der Waals surface area contributed by atoms with Crippen LogP contribution in [0, 0.1) is 0 Å². The molecule has 0 aliphatic carbocycles. The Bertz CT molecular complexity index is 211. The number of carbonyl (C=O) groups excluding carboxylic acids is 1. The fourth-order valence-corrected chi connectivity index (χ4v) is 0.647. The van der Waals surface area contributed by atoms with Crippen LogP contribution in [0.4, 0.5) is 8.78 Å². The van der Waals surface area contributed by atoms with Gasteiger partial charge in [0.1, 0.15) is 6.61 Å². The summed E-state index contributed by atoms with van der Waals surface area (Å²) in [6, 6.07) is 0. The molecular formula is C9H15F2NO2. The zero-order valence-corrected chi connectivity index (χ0v) is 8.40. The van der Waals surface area contributed by atoms with Crippen molar-refractivity contribution in [1.29, 1.82) is 0 Å². The lowest BCUT2D eigenvalue weighted by Crippen LogP contribution is -2.32. The average Bonchev–Trinajstić information content (AvgIpc) is 2.01. The van der Waals surface area contributed by atoms with Gasteiger partial charge in [0.25, 0.3) is 5.92 Å². The summed E-state index contributed by atoms with van der Waals surface area (Å²) in [5.41, 5.74) is 0.297. The lowest BCUT2D eigenvalue weighted by atomic mass is 10.4. The van der Waals surface area contributed by atoms with Crippen molar-refractivity contribution in [3.63, 3.8) is 0 Å². The van der Waals surface area contributed by atoms with E-state index < -0.39 is 18.4 Å². The van der Waals surface area contributed by atoms with E-state index in [-0.39, 0.29) is 13.2 Å². The lowest BCUT2D eigenvalue weighted by Gasteiger charge is -2.11. The Balaban J connectivity index is 3.39. The number of esters is 1. The first-order valence-electron chi connectivity index (χ1n) is 4.24. The molecule has 0 radical (unpaired) electrons. The monoisotopic (exact) mass is 207 g/mol. The molecule has 0 unspecified atom stereocenters. The summed E-state index contributed by atoms with van der Waals surface area (Å²) < 4.78 is 29.2. The van der Waals surface area contributed by atoms with E-state index >= 15 is 0 Å². The highest BCUT2D eigenvalue weighted by Gasteiger charge is 2.19. The highest BCUT2D eigenvalue weighted by atomic mass is 19.3. The second-order valence-corrected chi connectivity index (χ2v) is 3.16. The molecule has 0 aromatic rings. The van der Waals surface area contributed by atoms with E-state index in [1.165, 1.54) is 6.92 Å². The van der Waals surface area contributed by atoms with Gasteiger partial charge in [0.2, 0.25) is 0 Å². The molecule has 0 fully saturated rings. The Morgan fingerprint density at radius 1 is 1.57 bits per heavy atom. The molecule has 0 aliphatic heterocycles. The standard InChI is InChI=1S/C9H15F2NO2/c1-7(2)8(13)14-5-4-12-6-9(3,10)11/h12H,1,4-6H2,2-3H3. The van der Waals surface area contributed by atoms with E-state index in [1.54, 1.807) is 0 Å². The number of rotatable bonds is 6. The van der Waals surface area contributed by atoms with Gasteiger partial charge in [0, 0.05) is 19.0 Å². The minimum atomic E-state index is -2.74. The number of halogens is 2. The van der Waals surface area contributed by atoms with Gasteiger partial charge in [-0.2, -0.15) is 0 Å². The first kappa shape index (κ1) is 13.0. The summed E-state index contributed by atoms with van der Waals surface area (Å²) in [6.07, 6.45) is 0. The van der Waals surface area contributed by atoms with Crippen LogP contribution in [0.5, 0.6) is 0 Å². The van der Waals surface area contributed by atoms with Crippen molar-refractivity contribution in [2.24, 2.45) is 0 Å². The molecule has 0 aromatic carbocycles. The number of hydrogen-bond acceptors (Lipinski definition) is 3. The summed E-state index contributed by atoms with van der Waals surface area (Å²) >= 11 is 0. The third-order valence-corrected chi connectivity index (χ3v) is 1.30. The number of carbonyl (C=O) groups is 1. The molecule has 0 aliphatic rings. The summed E-state index contributed by atoms with van der Waals surface area (Å²) in [7, 11) is 0. The van der Waals surface area contributed by atoms with Crippen molar-refractivity contribution < 1.29 is 18.3 Å². The highest BCUT2D eigenvalue weighted by molar-refractivity contribution is 5.86. The van der Waals surface area contributed by atoms with Gasteiger partial charge in [-0.1, -0.05) is 6.58 Å². The second-order valence-electron chi connectivity index (χ2n) is 3.16. The largest absolute Gasteiger partial charge is 0.461 e. The third kappa shape index (κ3) is 7.67. The Hall–Kier alpha value is -0.970. The normalized spacial score (nSPS) is 11.1. The van der Waals surface area contributed by atoms with Crippen LogP contribution in [-0.4, -0.2) is 31.6 Å². The Morgan fingerprint density at radius 2 is 2.14 bits per heavy atom. The Morgan fingerprint density at radius 3 is 2.57 bits per heavy atom. The van der Waals surface area contributed by atoms with Gasteiger partial charge in [0.15, 0.2) is 0 Å². The van der Waals surface area contributed by atoms with Gasteiger partial charge >= 0.3 is 5.97 Å². The highest BCUT2D eigenvalue weighted by Crippen LogP contribution is 2.08. The van der Waals surface area contributed by atoms with Gasteiger partial charge in [-0.3, -0.25) is 0 Å². The van der Waals surface area contributed by atoms with Crippen molar-refractivity contribution >= 4 is 5.97 Å². The molecule has 0 rings (SSSR count). The van der Waals surface area contributed by atoms with Crippen LogP contribution in [0.3, 0.4) is 0 Å². The van der Waals surface area contributed by atoms with Crippen molar-refractivity contribution in [3.05, 3.63) is 12.2 Å². The van der Waals surface area contributed by atoms with Gasteiger partial charge in [0.05, 0.1) is 6.54 Å². The molecule has 1 N–H and O–H groups in total. The summed E-state index contributed by atoms with van der Waals surface area (Å²) in [6.45, 7) is 5.58. The number of ether oxygens (including phenoxy) is 1. The van der Waals surface area contributed by atoms with E-state index in [9.17, 15) is 13.6 Å². The van der Waals surface area contributed by atoms with Gasteiger partial charge in [-0.05, 0) is 6.92 Å². The molecular weight excluding hydrogens is 192 g/mol. The summed E-state index contributed by atoms with van der Waals surface area (Å²) in [5, 5.41) is 2.46. The van der Waals surface area contributed by atoms with Crippen molar-refractivity contribution in [3.8, 4) is 0 Å². The minimum absolute atomic E-state index is 0.0712. The van der Waals surface area contributed by atoms with Crippen LogP contribution in [-0.2, 0) is 9.53 Å². The quantitative estimate of drug-likeness (QED) is 0.406. The molecule has 0 amide bonds. The van der Waals surface area contributed by atoms with Crippen LogP contribution in [0.25, 0.3) is 0 Å². The third-order valence-electron chi connectivity index (χ3n) is 1.30. The molecule has 0 saturated heterocycles. The SMILES string of the molecule is C=C(C)C(=O)OCCNCC(C)(F)F. The first-order chi connectivity index (χ1) is 6.33. The first-order valence-corrected chi connectivity index (χ1v) is 4.24. The van der Waals surface area contributed by atoms with Crippen LogP contribution in [0.2, 0.25) is 0 Å². The maximum absolute atomic E-state index is 12.3. The van der Waals surface area contributed by atoms with E-state index in [0.717, 1.165) is 6.92 Å². The van der Waals surface area contributed by atoms with Crippen molar-refractivity contribution in [2.75, 3.05) is 19.7 Å². The average molecular weight is 207 g/mol. The van der Waals surface area contributed by atoms with E-state index in [4.69, 9.17) is 0 Å². The van der Waals surface area contributed by atoms with Crippen LogP contribution in [0.1, 0.15) is 13.8 Å². The number of alkyl halides is 2. The molecule has 0 atom stereocenters. The van der Waals surface area contributed by atoms with Crippen LogP contribution in [0.15, 0.2) is 12.2 Å². The maximum atomic E-state index is 12.3. The molecule has 0 bridgehead atoms. The second kappa shape index (κ2) is 5.70. The summed E-state index contributed by atoms with van der Waals surface area (Å²) in [4.78, 5) is 10.8. The van der Waals surface area contributed by atoms with E-state index in [0.29, 0.717) is 5.57 Å². The van der Waals surface area contributed by atoms with Crippen LogP contribution < -0.4 is 5.32 Å². The van der Waals surface area contributed by atoms with Gasteiger partial charge in [-0.25, -0.2) is 13.6 Å². The molecule has 3 nitrogen and oxygen atoms in total. The predicted molar refractivity (Wildman–Crippen MR) is 49.3 cm³/mol. The Labute approximate surface area is 82.1 Å². The molecule has 0 spiro atoms. The number of nitrogens with one attached hydrogen (secondary N) is 1. The smallest absolute Gasteiger partial charge is 0.333 e. The zero-order chi connectivity index (χ0) is 11.2. The topological polar surface area (TPSA) is 38.3 Å². The molecule has 0 saturated carbocycles. The molecule has 0 aromatic heterocycles. The van der Waals surface area contributed by atoms with Crippen LogP contribution >= 0.6 is 0 Å². The van der Waals surface area contributed by atoms with Gasteiger partial charge in [-0.15, -0.1) is 0 Å². The molecule has 82 valence electrons. The number of hydrogen-bond donors (Lipinski definition) is 1. The van der Waals surface area contributed by atoms with E-state index in [1.807, 2.05) is 0 Å². The zero-order valence-electron chi connectivity index (χ0n) is 8.40. The Kier molecular flexibility index (Phi) is 5.30. The predicted octanol–water partition coefficient (Wildman–Crippen LogP) is 1.35. The fourth-order valence-electron chi connectivity index (χ4n) is 0.647. The molecule has 0 heterocycles. The minimum Gasteiger partial charge on any atom is -0.461 e. The summed E-state index contributed by atoms with van der Waals surface area (Å²) in [5.74, 6) is -3.24.